The number of halogens is 12. The Kier molecular flexibility index (Phi) is 9.55. The molecule has 0 fully saturated rings. The Labute approximate surface area is 282 Å². The summed E-state index contributed by atoms with van der Waals surface area (Å²) < 4.78 is 173. The molecule has 4 nitrogen and oxygen atoms in total. The highest BCUT2D eigenvalue weighted by Crippen LogP contribution is 2.36. The second-order valence-corrected chi connectivity index (χ2v) is 10.5. The van der Waals surface area contributed by atoms with Gasteiger partial charge in [-0.3, -0.25) is 0 Å². The van der Waals surface area contributed by atoms with Crippen molar-refractivity contribution in [3.63, 3.8) is 0 Å². The van der Waals surface area contributed by atoms with Crippen LogP contribution in [-0.4, -0.2) is 0 Å². The number of nitriles is 4. The lowest BCUT2D eigenvalue weighted by atomic mass is 9.90. The highest BCUT2D eigenvalue weighted by atomic mass is 19.2. The quantitative estimate of drug-likeness (QED) is 0.106. The van der Waals surface area contributed by atoms with Crippen LogP contribution in [0.4, 0.5) is 52.7 Å². The third-order valence-corrected chi connectivity index (χ3v) is 7.56. The topological polar surface area (TPSA) is 95.2 Å². The molecule has 16 heteroatoms. The summed E-state index contributed by atoms with van der Waals surface area (Å²) in [5.41, 5.74) is -8.78. The maximum absolute atomic E-state index is 15.0. The molecule has 5 rings (SSSR count). The predicted molar refractivity (Wildman–Crippen MR) is 156 cm³/mol. The second kappa shape index (κ2) is 13.7. The van der Waals surface area contributed by atoms with Gasteiger partial charge in [0, 0.05) is 10.4 Å². The van der Waals surface area contributed by atoms with Crippen molar-refractivity contribution in [1.29, 1.82) is 21.0 Å². The Morgan fingerprint density at radius 2 is 0.577 bits per heavy atom. The number of rotatable bonds is 4. The van der Waals surface area contributed by atoms with Crippen LogP contribution >= 0.6 is 0 Å². The largest absolute Gasteiger partial charge is 0.207 e. The van der Waals surface area contributed by atoms with Gasteiger partial charge in [-0.1, -0.05) is 0 Å². The van der Waals surface area contributed by atoms with Gasteiger partial charge in [-0.15, -0.1) is 0 Å². The maximum atomic E-state index is 15.0. The van der Waals surface area contributed by atoms with E-state index in [9.17, 15) is 65.0 Å². The third-order valence-electron chi connectivity index (χ3n) is 7.56. The highest BCUT2D eigenvalue weighted by Gasteiger charge is 2.29. The van der Waals surface area contributed by atoms with E-state index in [1.165, 1.54) is 24.3 Å². The first-order chi connectivity index (χ1) is 24.6. The predicted octanol–water partition coefficient (Wildman–Crippen LogP) is 8.42. The minimum Gasteiger partial charge on any atom is -0.207 e. The molecule has 0 amide bonds. The van der Waals surface area contributed by atoms with Crippen LogP contribution < -0.4 is 10.4 Å². The molecule has 0 aromatic heterocycles. The minimum absolute atomic E-state index is 0.381. The van der Waals surface area contributed by atoms with E-state index in [2.05, 4.69) is 0 Å². The number of nitrogens with zero attached hydrogens (tertiary/aromatic N) is 4. The van der Waals surface area contributed by atoms with E-state index in [0.29, 0.717) is 36.4 Å². The molecular formula is C36H8F12N4. The molecule has 0 bridgehead atoms. The van der Waals surface area contributed by atoms with E-state index < -0.39 is 136 Å². The van der Waals surface area contributed by atoms with Gasteiger partial charge >= 0.3 is 0 Å². The second-order valence-electron chi connectivity index (χ2n) is 10.5. The van der Waals surface area contributed by atoms with Crippen LogP contribution in [0.1, 0.15) is 0 Å². The van der Waals surface area contributed by atoms with Crippen molar-refractivity contribution in [2.75, 3.05) is 0 Å². The average Bonchev–Trinajstić information content (AvgIpc) is 3.12. The maximum Gasteiger partial charge on any atom is 0.200 e. The number of benzene rings is 5. The van der Waals surface area contributed by atoms with Crippen molar-refractivity contribution in [2.24, 2.45) is 0 Å². The molecule has 5 aromatic rings. The van der Waals surface area contributed by atoms with Gasteiger partial charge in [-0.2, -0.15) is 21.0 Å². The Bertz CT molecular complexity index is 2440. The Balaban J connectivity index is 1.93. The van der Waals surface area contributed by atoms with E-state index in [-0.39, 0.29) is 0 Å². The molecule has 0 unspecified atom stereocenters. The van der Waals surface area contributed by atoms with E-state index in [1.807, 2.05) is 0 Å². The molecule has 0 spiro atoms. The van der Waals surface area contributed by atoms with Crippen LogP contribution in [0, 0.1) is 115 Å². The van der Waals surface area contributed by atoms with Gasteiger partial charge < -0.3 is 0 Å². The molecule has 5 aromatic carbocycles. The van der Waals surface area contributed by atoms with Gasteiger partial charge in [-0.05, 0) is 81.9 Å². The van der Waals surface area contributed by atoms with Crippen molar-refractivity contribution in [3.8, 4) is 68.8 Å². The summed E-state index contributed by atoms with van der Waals surface area (Å²) in [4.78, 5) is 0. The first-order valence-corrected chi connectivity index (χ1v) is 13.8. The molecule has 0 aliphatic carbocycles. The molecular weight excluding hydrogens is 716 g/mol. The SMILES string of the molecule is N#CC(C#N)=c1cc(-c2cc(F)cc(-c3c(F)c(F)c(F)c(F)c3F)c2)c(=C(C#N)C#N)cc1-c1cc(F)cc(-c2c(F)c(F)c(F)c(F)c2F)c1. The van der Waals surface area contributed by atoms with Crippen molar-refractivity contribution >= 4 is 11.1 Å². The molecule has 0 saturated heterocycles. The fourth-order valence-corrected chi connectivity index (χ4v) is 5.28. The smallest absolute Gasteiger partial charge is 0.200 e. The van der Waals surface area contributed by atoms with Crippen LogP contribution in [-0.2, 0) is 0 Å². The zero-order chi connectivity index (χ0) is 38.3. The molecule has 52 heavy (non-hydrogen) atoms. The van der Waals surface area contributed by atoms with Crippen molar-refractivity contribution < 1.29 is 52.7 Å². The van der Waals surface area contributed by atoms with Gasteiger partial charge in [0.05, 0.1) is 11.1 Å². The summed E-state index contributed by atoms with van der Waals surface area (Å²) in [5.74, 6) is -26.7. The van der Waals surface area contributed by atoms with Crippen molar-refractivity contribution in [2.45, 2.75) is 0 Å². The first-order valence-electron chi connectivity index (χ1n) is 13.8. The van der Waals surface area contributed by atoms with Crippen LogP contribution in [0.2, 0.25) is 0 Å². The number of hydrogen-bond donors (Lipinski definition) is 0. The first kappa shape index (κ1) is 36.2. The van der Waals surface area contributed by atoms with Gasteiger partial charge in [0.2, 0.25) is 11.6 Å². The van der Waals surface area contributed by atoms with Gasteiger partial charge in [0.25, 0.3) is 0 Å². The Morgan fingerprint density at radius 1 is 0.327 bits per heavy atom. The lowest BCUT2D eigenvalue weighted by molar-refractivity contribution is 0.381. The van der Waals surface area contributed by atoms with Crippen molar-refractivity contribution in [3.05, 3.63) is 129 Å². The Hall–Kier alpha value is -7.04. The molecule has 0 N–H and O–H groups in total. The monoisotopic (exact) mass is 724 g/mol. The molecule has 0 aliphatic rings. The van der Waals surface area contributed by atoms with E-state index >= 15 is 8.78 Å². The summed E-state index contributed by atoms with van der Waals surface area (Å²) in [6.45, 7) is 0. The molecule has 0 heterocycles. The van der Waals surface area contributed by atoms with E-state index in [1.54, 1.807) is 0 Å². The summed E-state index contributed by atoms with van der Waals surface area (Å²) in [5, 5.41) is 37.9. The average molecular weight is 724 g/mol. The van der Waals surface area contributed by atoms with E-state index in [0.717, 1.165) is 12.1 Å². The van der Waals surface area contributed by atoms with Gasteiger partial charge in [-0.25, -0.2) is 52.7 Å². The zero-order valence-corrected chi connectivity index (χ0v) is 24.9. The van der Waals surface area contributed by atoms with Gasteiger partial charge in [0.15, 0.2) is 46.5 Å². The summed E-state index contributed by atoms with van der Waals surface area (Å²) in [7, 11) is 0. The molecule has 0 radical (unpaired) electrons. The minimum atomic E-state index is -2.52. The summed E-state index contributed by atoms with van der Waals surface area (Å²) in [6, 6.07) is 10.9. The fraction of sp³-hybridized carbons (Fsp3) is 0. The summed E-state index contributed by atoms with van der Waals surface area (Å²) >= 11 is 0. The normalized spacial score (nSPS) is 10.6. The lowest BCUT2D eigenvalue weighted by Crippen LogP contribution is -2.19. The van der Waals surface area contributed by atoms with Crippen LogP contribution in [0.15, 0.2) is 48.5 Å². The van der Waals surface area contributed by atoms with Gasteiger partial charge in [0.1, 0.15) is 47.1 Å². The molecule has 256 valence electrons. The van der Waals surface area contributed by atoms with Crippen LogP contribution in [0.5, 0.6) is 0 Å². The van der Waals surface area contributed by atoms with Crippen LogP contribution in [0.25, 0.3) is 55.7 Å². The molecule has 0 aliphatic heterocycles. The fourth-order valence-electron chi connectivity index (χ4n) is 5.28. The third kappa shape index (κ3) is 5.93. The lowest BCUT2D eigenvalue weighted by Gasteiger charge is -2.14. The van der Waals surface area contributed by atoms with E-state index in [4.69, 9.17) is 0 Å². The standard InChI is InChI=1S/C36H8F12N4/c37-19-3-13(1-15(5-19)25-27(39)31(43)35(47)32(44)28(25)40)21-7-24(18(11-51)12-52)22(8-23(21)17(9-49)10-50)14-2-16(6-20(38)4-14)26-29(41)33(45)36(48)34(46)30(26)42/h1-8H. The number of hydrogen-bond acceptors (Lipinski definition) is 4. The van der Waals surface area contributed by atoms with Crippen LogP contribution in [0.3, 0.4) is 0 Å². The summed E-state index contributed by atoms with van der Waals surface area (Å²) in [6.07, 6.45) is 0. The molecule has 0 saturated carbocycles. The molecule has 0 atom stereocenters. The Morgan fingerprint density at radius 3 is 0.846 bits per heavy atom. The zero-order valence-electron chi connectivity index (χ0n) is 24.9. The van der Waals surface area contributed by atoms with Crippen molar-refractivity contribution in [1.82, 2.24) is 0 Å². The highest BCUT2D eigenvalue weighted by molar-refractivity contribution is 5.87.